The minimum absolute atomic E-state index is 0. The van der Waals surface area contributed by atoms with Crippen molar-refractivity contribution < 1.29 is 0 Å². The molecule has 3 rings (SSSR count). The minimum Gasteiger partial charge on any atom is -0.370 e. The zero-order valence-electron chi connectivity index (χ0n) is 12.0. The molecule has 0 spiro atoms. The van der Waals surface area contributed by atoms with Gasteiger partial charge >= 0.3 is 0 Å². The number of hydrogen-bond donors (Lipinski definition) is 1. The molecule has 0 radical (unpaired) electrons. The molecule has 1 heterocycles. The lowest BCUT2D eigenvalue weighted by Gasteiger charge is -2.31. The second-order valence-corrected chi connectivity index (χ2v) is 5.98. The highest BCUT2D eigenvalue weighted by Gasteiger charge is 2.38. The van der Waals surface area contributed by atoms with Crippen LogP contribution in [0.4, 0.5) is 0 Å². The smallest absolute Gasteiger partial charge is 0.191 e. The van der Waals surface area contributed by atoms with E-state index in [1.807, 2.05) is 0 Å². The summed E-state index contributed by atoms with van der Waals surface area (Å²) >= 11 is 0. The van der Waals surface area contributed by atoms with Crippen LogP contribution in [0.2, 0.25) is 0 Å². The molecule has 1 aromatic carbocycles. The molecule has 2 atom stereocenters. The number of halogens is 1. The van der Waals surface area contributed by atoms with Crippen molar-refractivity contribution in [1.82, 2.24) is 4.90 Å². The number of nitrogens with zero attached hydrogens (tertiary/aromatic N) is 2. The molecule has 20 heavy (non-hydrogen) atoms. The van der Waals surface area contributed by atoms with E-state index >= 15 is 0 Å². The van der Waals surface area contributed by atoms with Gasteiger partial charge < -0.3 is 10.6 Å². The summed E-state index contributed by atoms with van der Waals surface area (Å²) in [5, 5.41) is 0. The molecule has 2 N–H and O–H groups in total. The van der Waals surface area contributed by atoms with Crippen LogP contribution in [-0.2, 0) is 0 Å². The van der Waals surface area contributed by atoms with E-state index in [-0.39, 0.29) is 24.0 Å². The lowest BCUT2D eigenvalue weighted by molar-refractivity contribution is 0.277. The van der Waals surface area contributed by atoms with E-state index in [9.17, 15) is 0 Å². The monoisotopic (exact) mass is 385 g/mol. The molecule has 1 aliphatic heterocycles. The Labute approximate surface area is 138 Å². The molecule has 1 aliphatic carbocycles. The van der Waals surface area contributed by atoms with Crippen molar-refractivity contribution in [3.8, 4) is 0 Å². The maximum Gasteiger partial charge on any atom is 0.191 e. The molecule has 0 bridgehead atoms. The highest BCUT2D eigenvalue weighted by molar-refractivity contribution is 14.0. The SMILES string of the molecule is CC1CCN(C(N)=N[C@@H]2C[C@H]2c2ccccc2)CC1.I. The summed E-state index contributed by atoms with van der Waals surface area (Å²) in [6.45, 7) is 4.45. The number of hydrogen-bond acceptors (Lipinski definition) is 1. The molecule has 2 aliphatic rings. The van der Waals surface area contributed by atoms with E-state index in [1.54, 1.807) is 0 Å². The molecule has 0 amide bonds. The molecule has 110 valence electrons. The lowest BCUT2D eigenvalue weighted by atomic mass is 10.00. The Bertz CT molecular complexity index is 452. The topological polar surface area (TPSA) is 41.6 Å². The third-order valence-corrected chi connectivity index (χ3v) is 4.39. The van der Waals surface area contributed by atoms with Crippen molar-refractivity contribution in [2.75, 3.05) is 13.1 Å². The predicted molar refractivity (Wildman–Crippen MR) is 94.6 cm³/mol. The van der Waals surface area contributed by atoms with Gasteiger partial charge in [0, 0.05) is 19.0 Å². The van der Waals surface area contributed by atoms with Gasteiger partial charge in [-0.1, -0.05) is 37.3 Å². The maximum absolute atomic E-state index is 6.15. The Balaban J connectivity index is 0.00000147. The van der Waals surface area contributed by atoms with E-state index < -0.39 is 0 Å². The third kappa shape index (κ3) is 3.65. The van der Waals surface area contributed by atoms with Gasteiger partial charge in [0.25, 0.3) is 0 Å². The van der Waals surface area contributed by atoms with Crippen molar-refractivity contribution >= 4 is 29.9 Å². The number of rotatable bonds is 2. The molecule has 0 unspecified atom stereocenters. The average molecular weight is 385 g/mol. The molecular weight excluding hydrogens is 361 g/mol. The largest absolute Gasteiger partial charge is 0.370 e. The van der Waals surface area contributed by atoms with Gasteiger partial charge in [-0.3, -0.25) is 0 Å². The van der Waals surface area contributed by atoms with Gasteiger partial charge in [-0.15, -0.1) is 24.0 Å². The van der Waals surface area contributed by atoms with Gasteiger partial charge in [0.1, 0.15) is 0 Å². The fourth-order valence-electron chi connectivity index (χ4n) is 2.87. The van der Waals surface area contributed by atoms with Gasteiger partial charge in [0.15, 0.2) is 5.96 Å². The summed E-state index contributed by atoms with van der Waals surface area (Å²) in [4.78, 5) is 6.97. The standard InChI is InChI=1S/C16H23N3.HI/c1-12-7-9-19(10-8-12)16(17)18-15-11-14(15)13-5-3-2-4-6-13;/h2-6,12,14-15H,7-11H2,1H3,(H2,17,18);1H/t14-,15+;/m0./s1. The summed E-state index contributed by atoms with van der Waals surface area (Å²) in [5.74, 6) is 2.18. The third-order valence-electron chi connectivity index (χ3n) is 4.39. The number of piperidine rings is 1. The molecule has 3 nitrogen and oxygen atoms in total. The van der Waals surface area contributed by atoms with E-state index in [4.69, 9.17) is 10.7 Å². The fraction of sp³-hybridized carbons (Fsp3) is 0.562. The van der Waals surface area contributed by atoms with E-state index in [2.05, 4.69) is 42.2 Å². The van der Waals surface area contributed by atoms with Gasteiger partial charge in [-0.25, -0.2) is 4.99 Å². The highest BCUT2D eigenvalue weighted by atomic mass is 127. The summed E-state index contributed by atoms with van der Waals surface area (Å²) in [6, 6.07) is 11.1. The number of guanidine groups is 1. The van der Waals surface area contributed by atoms with Crippen LogP contribution in [0.15, 0.2) is 35.3 Å². The first-order valence-corrected chi connectivity index (χ1v) is 7.37. The van der Waals surface area contributed by atoms with Crippen LogP contribution in [0, 0.1) is 5.92 Å². The number of likely N-dealkylation sites (tertiary alicyclic amines) is 1. The van der Waals surface area contributed by atoms with Crippen molar-refractivity contribution in [2.24, 2.45) is 16.6 Å². The van der Waals surface area contributed by atoms with Crippen LogP contribution in [0.5, 0.6) is 0 Å². The summed E-state index contributed by atoms with van der Waals surface area (Å²) in [5.41, 5.74) is 7.55. The Kier molecular flexibility index (Phi) is 5.29. The summed E-state index contributed by atoms with van der Waals surface area (Å²) in [6.07, 6.45) is 3.63. The molecule has 0 aromatic heterocycles. The van der Waals surface area contributed by atoms with E-state index in [0.29, 0.717) is 12.0 Å². The van der Waals surface area contributed by atoms with E-state index in [0.717, 1.165) is 31.4 Å². The van der Waals surface area contributed by atoms with Crippen LogP contribution in [-0.4, -0.2) is 30.0 Å². The Morgan fingerprint density at radius 2 is 1.85 bits per heavy atom. The van der Waals surface area contributed by atoms with Crippen LogP contribution in [0.3, 0.4) is 0 Å². The van der Waals surface area contributed by atoms with E-state index in [1.165, 1.54) is 18.4 Å². The molecular formula is C16H24IN3. The van der Waals surface area contributed by atoms with Gasteiger partial charge in [0.2, 0.25) is 0 Å². The van der Waals surface area contributed by atoms with Crippen molar-refractivity contribution in [2.45, 2.75) is 38.1 Å². The summed E-state index contributed by atoms with van der Waals surface area (Å²) in [7, 11) is 0. The average Bonchev–Trinajstić information content (AvgIpc) is 3.20. The first-order chi connectivity index (χ1) is 9.24. The quantitative estimate of drug-likeness (QED) is 0.483. The van der Waals surface area contributed by atoms with Gasteiger partial charge in [-0.2, -0.15) is 0 Å². The number of aliphatic imine (C=N–C) groups is 1. The fourth-order valence-corrected chi connectivity index (χ4v) is 2.87. The normalized spacial score (nSPS) is 27.1. The van der Waals surface area contributed by atoms with Crippen LogP contribution >= 0.6 is 24.0 Å². The van der Waals surface area contributed by atoms with Crippen molar-refractivity contribution in [1.29, 1.82) is 0 Å². The maximum atomic E-state index is 6.15. The predicted octanol–water partition coefficient (Wildman–Crippen LogP) is 3.21. The van der Waals surface area contributed by atoms with Crippen LogP contribution in [0.25, 0.3) is 0 Å². The second-order valence-electron chi connectivity index (χ2n) is 5.98. The number of benzene rings is 1. The van der Waals surface area contributed by atoms with Crippen LogP contribution < -0.4 is 5.73 Å². The Morgan fingerprint density at radius 1 is 1.20 bits per heavy atom. The highest BCUT2D eigenvalue weighted by Crippen LogP contribution is 2.43. The second kappa shape index (κ2) is 6.78. The van der Waals surface area contributed by atoms with Crippen molar-refractivity contribution in [3.05, 3.63) is 35.9 Å². The Hall–Kier alpha value is -0.780. The summed E-state index contributed by atoms with van der Waals surface area (Å²) < 4.78 is 0. The van der Waals surface area contributed by atoms with Gasteiger partial charge in [0.05, 0.1) is 6.04 Å². The first-order valence-electron chi connectivity index (χ1n) is 7.37. The Morgan fingerprint density at radius 3 is 2.50 bits per heavy atom. The minimum atomic E-state index is 0. The molecule has 1 aromatic rings. The lowest BCUT2D eigenvalue weighted by Crippen LogP contribution is -2.42. The first kappa shape index (κ1) is 15.6. The van der Waals surface area contributed by atoms with Crippen molar-refractivity contribution in [3.63, 3.8) is 0 Å². The molecule has 2 fully saturated rings. The number of nitrogens with two attached hydrogens (primary N) is 1. The van der Waals surface area contributed by atoms with Gasteiger partial charge in [-0.05, 0) is 30.7 Å². The zero-order valence-corrected chi connectivity index (χ0v) is 14.4. The molecule has 1 saturated heterocycles. The van der Waals surface area contributed by atoms with Crippen LogP contribution in [0.1, 0.15) is 37.7 Å². The molecule has 4 heteroatoms. The molecule has 1 saturated carbocycles. The zero-order chi connectivity index (χ0) is 13.2.